The highest BCUT2D eigenvalue weighted by atomic mass is 19.4. The van der Waals surface area contributed by atoms with Crippen LogP contribution in [0.25, 0.3) is 5.65 Å². The zero-order valence-electron chi connectivity index (χ0n) is 16.3. The number of nitrogens with zero attached hydrogens (tertiary/aromatic N) is 3. The molecule has 3 heterocycles. The van der Waals surface area contributed by atoms with E-state index in [1.54, 1.807) is 10.6 Å². The molecule has 2 aliphatic rings. The Morgan fingerprint density at radius 2 is 2.00 bits per heavy atom. The molecule has 2 aromatic heterocycles. The molecular formula is C20H28F3N5O. The maximum atomic E-state index is 13.1. The van der Waals surface area contributed by atoms with E-state index in [2.05, 4.69) is 15.4 Å². The van der Waals surface area contributed by atoms with Crippen molar-refractivity contribution in [3.63, 3.8) is 0 Å². The number of imidazole rings is 1. The van der Waals surface area contributed by atoms with Crippen LogP contribution in [-0.2, 0) is 6.42 Å². The summed E-state index contributed by atoms with van der Waals surface area (Å²) in [4.78, 5) is 4.60. The molecule has 0 amide bonds. The molecule has 0 radical (unpaired) electrons. The molecule has 1 aliphatic carbocycles. The van der Waals surface area contributed by atoms with Gasteiger partial charge in [-0.1, -0.05) is 19.3 Å². The fourth-order valence-corrected chi connectivity index (χ4v) is 4.66. The van der Waals surface area contributed by atoms with Crippen LogP contribution in [0.5, 0.6) is 0 Å². The van der Waals surface area contributed by atoms with Gasteiger partial charge in [0.1, 0.15) is 6.23 Å². The quantitative estimate of drug-likeness (QED) is 0.720. The van der Waals surface area contributed by atoms with E-state index in [1.165, 1.54) is 19.3 Å². The van der Waals surface area contributed by atoms with Crippen molar-refractivity contribution in [2.24, 2.45) is 23.5 Å². The number of piperidine rings is 1. The highest BCUT2D eigenvalue weighted by molar-refractivity contribution is 5.39. The Labute approximate surface area is 167 Å². The van der Waals surface area contributed by atoms with Crippen LogP contribution >= 0.6 is 0 Å². The number of aromatic nitrogens is 3. The maximum absolute atomic E-state index is 13.1. The van der Waals surface area contributed by atoms with Crippen LogP contribution in [0.3, 0.4) is 0 Å². The number of fused-ring (bicyclic) bond motifs is 1. The molecule has 160 valence electrons. The van der Waals surface area contributed by atoms with Crippen LogP contribution in [0.2, 0.25) is 0 Å². The van der Waals surface area contributed by atoms with Gasteiger partial charge in [-0.05, 0) is 43.7 Å². The summed E-state index contributed by atoms with van der Waals surface area (Å²) in [7, 11) is 0. The average molecular weight is 411 g/mol. The summed E-state index contributed by atoms with van der Waals surface area (Å²) in [6, 6.07) is 3.45. The molecular weight excluding hydrogens is 383 g/mol. The second-order valence-electron chi connectivity index (χ2n) is 8.51. The van der Waals surface area contributed by atoms with Gasteiger partial charge in [0.25, 0.3) is 0 Å². The normalized spacial score (nSPS) is 28.0. The van der Waals surface area contributed by atoms with Crippen LogP contribution < -0.4 is 11.1 Å². The zero-order chi connectivity index (χ0) is 20.6. The molecule has 4 N–H and O–H groups in total. The summed E-state index contributed by atoms with van der Waals surface area (Å²) in [5.74, 6) is -1.57. The minimum atomic E-state index is -4.27. The third kappa shape index (κ3) is 4.57. The van der Waals surface area contributed by atoms with Crippen LogP contribution in [0.4, 0.5) is 13.2 Å². The van der Waals surface area contributed by atoms with E-state index in [0.29, 0.717) is 17.3 Å². The molecule has 2 unspecified atom stereocenters. The van der Waals surface area contributed by atoms with Gasteiger partial charge in [0.2, 0.25) is 0 Å². The van der Waals surface area contributed by atoms with Crippen molar-refractivity contribution >= 4 is 5.65 Å². The lowest BCUT2D eigenvalue weighted by atomic mass is 9.83. The number of halogens is 3. The first-order valence-corrected chi connectivity index (χ1v) is 10.4. The van der Waals surface area contributed by atoms with Gasteiger partial charge in [0, 0.05) is 12.5 Å². The first-order chi connectivity index (χ1) is 13.8. The van der Waals surface area contributed by atoms with E-state index < -0.39 is 24.2 Å². The van der Waals surface area contributed by atoms with E-state index in [4.69, 9.17) is 5.73 Å². The summed E-state index contributed by atoms with van der Waals surface area (Å²) in [5.41, 5.74) is 8.55. The van der Waals surface area contributed by atoms with Gasteiger partial charge in [-0.3, -0.25) is 5.32 Å². The molecule has 29 heavy (non-hydrogen) atoms. The molecule has 2 fully saturated rings. The first kappa shape index (κ1) is 20.6. The number of aliphatic hydroxyl groups excluding tert-OH is 1. The van der Waals surface area contributed by atoms with E-state index in [9.17, 15) is 18.3 Å². The molecule has 0 aromatic carbocycles. The van der Waals surface area contributed by atoms with E-state index in [0.717, 1.165) is 18.5 Å². The molecule has 4 rings (SSSR count). The van der Waals surface area contributed by atoms with Crippen molar-refractivity contribution in [1.82, 2.24) is 19.9 Å². The van der Waals surface area contributed by atoms with Gasteiger partial charge in [-0.2, -0.15) is 18.3 Å². The number of nitrogens with one attached hydrogen (secondary N) is 1. The Hall–Kier alpha value is -1.71. The summed E-state index contributed by atoms with van der Waals surface area (Å²) in [5, 5.41) is 17.2. The molecule has 1 saturated carbocycles. The summed E-state index contributed by atoms with van der Waals surface area (Å²) >= 11 is 0. The van der Waals surface area contributed by atoms with E-state index in [1.807, 2.05) is 12.3 Å². The van der Waals surface area contributed by atoms with Crippen LogP contribution in [-0.4, -0.2) is 38.7 Å². The average Bonchev–Trinajstić information content (AvgIpc) is 3.12. The van der Waals surface area contributed by atoms with E-state index in [-0.39, 0.29) is 25.4 Å². The molecule has 1 aliphatic heterocycles. The Morgan fingerprint density at radius 1 is 1.24 bits per heavy atom. The number of hydrogen-bond acceptors (Lipinski definition) is 5. The van der Waals surface area contributed by atoms with Gasteiger partial charge >= 0.3 is 6.18 Å². The lowest BCUT2D eigenvalue weighted by Gasteiger charge is -2.35. The van der Waals surface area contributed by atoms with Crippen LogP contribution in [0, 0.1) is 17.8 Å². The minimum Gasteiger partial charge on any atom is -0.378 e. The fourth-order valence-electron chi connectivity index (χ4n) is 4.66. The monoisotopic (exact) mass is 411 g/mol. The number of aliphatic hydroxyl groups is 1. The fraction of sp³-hybridized carbons (Fsp3) is 0.700. The van der Waals surface area contributed by atoms with Crippen molar-refractivity contribution in [3.8, 4) is 0 Å². The van der Waals surface area contributed by atoms with Gasteiger partial charge < -0.3 is 10.8 Å². The zero-order valence-corrected chi connectivity index (χ0v) is 16.3. The molecule has 9 heteroatoms. The molecule has 2 aromatic rings. The number of hydrogen-bond donors (Lipinski definition) is 3. The molecule has 1 saturated heterocycles. The van der Waals surface area contributed by atoms with Gasteiger partial charge in [-0.25, -0.2) is 9.50 Å². The predicted octanol–water partition coefficient (Wildman–Crippen LogP) is 2.96. The second-order valence-corrected chi connectivity index (χ2v) is 8.51. The highest BCUT2D eigenvalue weighted by Gasteiger charge is 2.44. The van der Waals surface area contributed by atoms with E-state index >= 15 is 0 Å². The highest BCUT2D eigenvalue weighted by Crippen LogP contribution is 2.35. The van der Waals surface area contributed by atoms with Crippen molar-refractivity contribution < 1.29 is 18.3 Å². The standard InChI is InChI=1S/C20H28F3N5O/c21-20(22,23)14-8-13(19(29)25-10-14)9-15-6-7-17-26-16(11-28(17)27-15)18(24)12-4-2-1-3-5-12/h6-7,11-14,18-19,25,29H,1-5,8-10,24H2/t13?,14-,18+,19?/m1/s1. The van der Waals surface area contributed by atoms with Crippen molar-refractivity contribution in [1.29, 1.82) is 0 Å². The predicted molar refractivity (Wildman–Crippen MR) is 102 cm³/mol. The Morgan fingerprint density at radius 3 is 2.72 bits per heavy atom. The lowest BCUT2D eigenvalue weighted by Crippen LogP contribution is -2.50. The summed E-state index contributed by atoms with van der Waals surface area (Å²) in [6.07, 6.45) is 2.62. The molecule has 4 atom stereocenters. The Bertz CT molecular complexity index is 833. The SMILES string of the molecule is N[C@H](c1cn2nc(CC3C[C@@H](C(F)(F)F)CNC3O)ccc2n1)C1CCCCC1. The van der Waals surface area contributed by atoms with Gasteiger partial charge in [-0.15, -0.1) is 0 Å². The third-order valence-corrected chi connectivity index (χ3v) is 6.43. The topological polar surface area (TPSA) is 88.5 Å². The number of alkyl halides is 3. The van der Waals surface area contributed by atoms with Crippen molar-refractivity contribution in [2.75, 3.05) is 6.54 Å². The molecule has 6 nitrogen and oxygen atoms in total. The first-order valence-electron chi connectivity index (χ1n) is 10.4. The number of rotatable bonds is 4. The minimum absolute atomic E-state index is 0.112. The molecule has 0 bridgehead atoms. The second kappa shape index (κ2) is 8.20. The maximum Gasteiger partial charge on any atom is 0.393 e. The van der Waals surface area contributed by atoms with Gasteiger partial charge in [0.15, 0.2) is 5.65 Å². The summed E-state index contributed by atoms with van der Waals surface area (Å²) in [6.45, 7) is -0.252. The lowest BCUT2D eigenvalue weighted by molar-refractivity contribution is -0.190. The van der Waals surface area contributed by atoms with Crippen LogP contribution in [0.15, 0.2) is 18.3 Å². The Balaban J connectivity index is 1.48. The number of nitrogens with two attached hydrogens (primary N) is 1. The smallest absolute Gasteiger partial charge is 0.378 e. The Kier molecular flexibility index (Phi) is 5.81. The van der Waals surface area contributed by atoms with Gasteiger partial charge in [0.05, 0.1) is 29.5 Å². The summed E-state index contributed by atoms with van der Waals surface area (Å²) < 4.78 is 40.8. The van der Waals surface area contributed by atoms with Crippen molar-refractivity contribution in [3.05, 3.63) is 29.7 Å². The molecule has 0 spiro atoms. The van der Waals surface area contributed by atoms with Crippen molar-refractivity contribution in [2.45, 2.75) is 63.4 Å². The third-order valence-electron chi connectivity index (χ3n) is 6.43. The van der Waals surface area contributed by atoms with Crippen LogP contribution in [0.1, 0.15) is 56.0 Å². The largest absolute Gasteiger partial charge is 0.393 e.